The summed E-state index contributed by atoms with van der Waals surface area (Å²) in [6.45, 7) is 0.697. The van der Waals surface area contributed by atoms with Crippen molar-refractivity contribution in [2.45, 2.75) is 31.7 Å². The lowest BCUT2D eigenvalue weighted by Crippen LogP contribution is -2.39. The van der Waals surface area contributed by atoms with Crippen LogP contribution in [-0.4, -0.2) is 39.2 Å². The van der Waals surface area contributed by atoms with E-state index in [1.54, 1.807) is 37.3 Å². The third-order valence-corrected chi connectivity index (χ3v) is 5.17. The smallest absolute Gasteiger partial charge is 0.272 e. The molecule has 1 aromatic carbocycles. The van der Waals surface area contributed by atoms with E-state index in [0.717, 1.165) is 36.3 Å². The van der Waals surface area contributed by atoms with Crippen LogP contribution in [0.5, 0.6) is 5.75 Å². The second-order valence-electron chi connectivity index (χ2n) is 7.04. The van der Waals surface area contributed by atoms with Gasteiger partial charge in [0.05, 0.1) is 13.3 Å². The second-order valence-corrected chi connectivity index (χ2v) is 7.04. The number of methoxy groups -OCH3 is 1. The molecule has 4 rings (SSSR count). The molecule has 146 valence electrons. The monoisotopic (exact) mass is 380 g/mol. The minimum atomic E-state index is -0.143. The summed E-state index contributed by atoms with van der Waals surface area (Å²) < 4.78 is 13.0. The van der Waals surface area contributed by atoms with Gasteiger partial charge < -0.3 is 14.1 Å². The van der Waals surface area contributed by atoms with Crippen LogP contribution < -0.4 is 4.74 Å². The highest BCUT2D eigenvalue weighted by molar-refractivity contribution is 5.92. The highest BCUT2D eigenvalue weighted by Gasteiger charge is 2.33. The van der Waals surface area contributed by atoms with Crippen molar-refractivity contribution in [2.24, 2.45) is 7.05 Å². The zero-order valence-corrected chi connectivity index (χ0v) is 16.2. The number of aryl methyl sites for hydroxylation is 1. The highest BCUT2D eigenvalue weighted by Crippen LogP contribution is 2.32. The van der Waals surface area contributed by atoms with Gasteiger partial charge in [0.1, 0.15) is 23.2 Å². The number of hydrogen-bond donors (Lipinski definition) is 0. The van der Waals surface area contributed by atoms with E-state index in [4.69, 9.17) is 9.15 Å². The largest absolute Gasteiger partial charge is 0.497 e. The first-order valence-electron chi connectivity index (χ1n) is 9.52. The molecule has 0 radical (unpaired) electrons. The fraction of sp³-hybridized carbons (Fsp3) is 0.381. The molecule has 1 amide bonds. The summed E-state index contributed by atoms with van der Waals surface area (Å²) >= 11 is 0. The normalized spacial score (nSPS) is 16.9. The van der Waals surface area contributed by atoms with E-state index in [0.29, 0.717) is 24.6 Å². The Balaban J connectivity index is 1.54. The van der Waals surface area contributed by atoms with E-state index < -0.39 is 0 Å². The molecule has 1 saturated heterocycles. The van der Waals surface area contributed by atoms with Crippen LogP contribution in [0.1, 0.15) is 53.0 Å². The minimum absolute atomic E-state index is 0.0303. The third kappa shape index (κ3) is 3.65. The van der Waals surface area contributed by atoms with E-state index >= 15 is 0 Å². The van der Waals surface area contributed by atoms with E-state index in [2.05, 4.69) is 10.1 Å². The number of amides is 1. The molecule has 1 atom stereocenters. The fourth-order valence-electron chi connectivity index (χ4n) is 3.70. The van der Waals surface area contributed by atoms with Crippen LogP contribution in [0, 0.1) is 0 Å². The topological polar surface area (TPSA) is 73.4 Å². The Bertz CT molecular complexity index is 962. The van der Waals surface area contributed by atoms with Gasteiger partial charge in [-0.05, 0) is 43.0 Å². The van der Waals surface area contributed by atoms with E-state index in [1.165, 1.54) is 0 Å². The number of oxazole rings is 1. The molecule has 0 bridgehead atoms. The van der Waals surface area contributed by atoms with Crippen molar-refractivity contribution in [1.29, 1.82) is 0 Å². The number of aromatic nitrogens is 3. The first-order chi connectivity index (χ1) is 13.7. The lowest BCUT2D eigenvalue weighted by Gasteiger charge is -2.33. The highest BCUT2D eigenvalue weighted by atomic mass is 16.5. The number of carbonyl (C=O) groups is 1. The van der Waals surface area contributed by atoms with Crippen molar-refractivity contribution in [3.63, 3.8) is 0 Å². The number of nitrogens with zero attached hydrogens (tertiary/aromatic N) is 4. The maximum Gasteiger partial charge on any atom is 0.272 e. The summed E-state index contributed by atoms with van der Waals surface area (Å²) in [6, 6.07) is 9.50. The van der Waals surface area contributed by atoms with Crippen molar-refractivity contribution in [3.8, 4) is 5.75 Å². The van der Waals surface area contributed by atoms with Crippen LogP contribution in [0.2, 0.25) is 0 Å². The summed E-state index contributed by atoms with van der Waals surface area (Å²) in [5.41, 5.74) is 1.67. The van der Waals surface area contributed by atoms with Crippen molar-refractivity contribution in [1.82, 2.24) is 19.7 Å². The van der Waals surface area contributed by atoms with E-state index in [1.807, 2.05) is 29.2 Å². The van der Waals surface area contributed by atoms with Gasteiger partial charge in [-0.2, -0.15) is 5.10 Å². The van der Waals surface area contributed by atoms with E-state index in [-0.39, 0.29) is 11.9 Å². The minimum Gasteiger partial charge on any atom is -0.497 e. The molecular formula is C21H24N4O3. The maximum atomic E-state index is 13.0. The number of ether oxygens (including phenoxy) is 1. The van der Waals surface area contributed by atoms with Crippen LogP contribution in [0.3, 0.4) is 0 Å². The molecule has 0 aliphatic carbocycles. The molecule has 2 aromatic heterocycles. The molecule has 3 heterocycles. The predicted octanol–water partition coefficient (Wildman–Crippen LogP) is 3.37. The zero-order valence-electron chi connectivity index (χ0n) is 16.2. The van der Waals surface area contributed by atoms with Gasteiger partial charge in [0.2, 0.25) is 5.89 Å². The number of piperidine rings is 1. The summed E-state index contributed by atoms with van der Waals surface area (Å²) in [4.78, 5) is 19.4. The summed E-state index contributed by atoms with van der Waals surface area (Å²) in [7, 11) is 3.44. The summed E-state index contributed by atoms with van der Waals surface area (Å²) in [5, 5.41) is 4.12. The number of rotatable bonds is 5. The van der Waals surface area contributed by atoms with Crippen LogP contribution in [-0.2, 0) is 13.5 Å². The molecule has 0 saturated carbocycles. The number of benzene rings is 1. The first kappa shape index (κ1) is 18.3. The lowest BCUT2D eigenvalue weighted by atomic mass is 10.0. The molecule has 1 aliphatic heterocycles. The van der Waals surface area contributed by atoms with Crippen LogP contribution in [0.25, 0.3) is 0 Å². The Morgan fingerprint density at radius 1 is 1.32 bits per heavy atom. The first-order valence-corrected chi connectivity index (χ1v) is 9.52. The average molecular weight is 380 g/mol. The Hall–Kier alpha value is -3.09. The van der Waals surface area contributed by atoms with Crippen LogP contribution >= 0.6 is 0 Å². The predicted molar refractivity (Wildman–Crippen MR) is 103 cm³/mol. The summed E-state index contributed by atoms with van der Waals surface area (Å²) in [6.07, 6.45) is 6.92. The Morgan fingerprint density at radius 2 is 2.21 bits per heavy atom. The number of carbonyl (C=O) groups excluding carboxylic acids is 1. The Morgan fingerprint density at radius 3 is 3.00 bits per heavy atom. The standard InChI is InChI=1S/C21H24N4O3/c1-24-19(9-10-23-24)21(26)25-11-4-3-8-18(25)20-22-14-17(28-20)13-15-6-5-7-16(12-15)27-2/h5-7,9-10,12,14,18H,3-4,8,11,13H2,1-2H3/t18-/m0/s1. The van der Waals surface area contributed by atoms with Gasteiger partial charge in [-0.15, -0.1) is 0 Å². The molecule has 7 nitrogen and oxygen atoms in total. The van der Waals surface area contributed by atoms with Gasteiger partial charge in [0.25, 0.3) is 5.91 Å². The fourth-order valence-corrected chi connectivity index (χ4v) is 3.70. The molecule has 0 N–H and O–H groups in total. The molecular weight excluding hydrogens is 356 g/mol. The average Bonchev–Trinajstić information content (AvgIpc) is 3.36. The SMILES string of the molecule is COc1cccc(Cc2cnc([C@@H]3CCCCN3C(=O)c3ccnn3C)o2)c1. The van der Waals surface area contributed by atoms with Gasteiger partial charge in [-0.1, -0.05) is 12.1 Å². The molecule has 28 heavy (non-hydrogen) atoms. The quantitative estimate of drug-likeness (QED) is 0.678. The molecule has 0 unspecified atom stereocenters. The summed E-state index contributed by atoms with van der Waals surface area (Å²) in [5.74, 6) is 2.17. The molecule has 1 fully saturated rings. The van der Waals surface area contributed by atoms with Gasteiger partial charge in [-0.3, -0.25) is 9.48 Å². The molecule has 1 aliphatic rings. The number of likely N-dealkylation sites (tertiary alicyclic amines) is 1. The van der Waals surface area contributed by atoms with E-state index in [9.17, 15) is 4.79 Å². The van der Waals surface area contributed by atoms with Crippen molar-refractivity contribution >= 4 is 5.91 Å². The van der Waals surface area contributed by atoms with Crippen LogP contribution in [0.15, 0.2) is 47.1 Å². The lowest BCUT2D eigenvalue weighted by molar-refractivity contribution is 0.0558. The maximum absolute atomic E-state index is 13.0. The Kier molecular flexibility index (Phi) is 5.14. The second kappa shape index (κ2) is 7.88. The van der Waals surface area contributed by atoms with Crippen LogP contribution in [0.4, 0.5) is 0 Å². The molecule has 7 heteroatoms. The van der Waals surface area contributed by atoms with Gasteiger partial charge >= 0.3 is 0 Å². The van der Waals surface area contributed by atoms with Crippen molar-refractivity contribution in [3.05, 3.63) is 65.6 Å². The molecule has 3 aromatic rings. The van der Waals surface area contributed by atoms with Gasteiger partial charge in [-0.25, -0.2) is 4.98 Å². The van der Waals surface area contributed by atoms with Crippen molar-refractivity contribution in [2.75, 3.05) is 13.7 Å². The van der Waals surface area contributed by atoms with Gasteiger partial charge in [0.15, 0.2) is 0 Å². The molecule has 0 spiro atoms. The third-order valence-electron chi connectivity index (χ3n) is 5.17. The Labute approximate surface area is 163 Å². The number of hydrogen-bond acceptors (Lipinski definition) is 5. The van der Waals surface area contributed by atoms with Gasteiger partial charge in [0, 0.05) is 26.2 Å². The van der Waals surface area contributed by atoms with Crippen molar-refractivity contribution < 1.29 is 13.9 Å². The zero-order chi connectivity index (χ0) is 19.5.